The van der Waals surface area contributed by atoms with Gasteiger partial charge in [0.15, 0.2) is 0 Å². The number of aliphatic hydroxyl groups is 1. The Balaban J connectivity index is 2.74. The summed E-state index contributed by atoms with van der Waals surface area (Å²) in [5.74, 6) is -0.162. The van der Waals surface area contributed by atoms with Crippen molar-refractivity contribution in [2.75, 3.05) is 13.2 Å². The predicted molar refractivity (Wildman–Crippen MR) is 71.0 cm³/mol. The van der Waals surface area contributed by atoms with Gasteiger partial charge in [-0.2, -0.15) is 0 Å². The average Bonchev–Trinajstić information content (AvgIpc) is 2.29. The molecule has 0 aliphatic carbocycles. The second-order valence-electron chi connectivity index (χ2n) is 3.63. The van der Waals surface area contributed by atoms with Crippen LogP contribution in [0.4, 0.5) is 0 Å². The zero-order chi connectivity index (χ0) is 12.7. The fourth-order valence-electron chi connectivity index (χ4n) is 1.46. The molecule has 92 valence electrons. The van der Waals surface area contributed by atoms with Crippen molar-refractivity contribution in [1.29, 1.82) is 0 Å². The van der Waals surface area contributed by atoms with Gasteiger partial charge in [-0.25, -0.2) is 0 Å². The van der Waals surface area contributed by atoms with E-state index in [4.69, 9.17) is 23.1 Å². The average molecular weight is 252 g/mol. The minimum atomic E-state index is -0.162. The molecule has 0 atom stereocenters. The topological polar surface area (TPSA) is 75.4 Å². The number of hydrogen-bond donors (Lipinski definition) is 3. The van der Waals surface area contributed by atoms with Gasteiger partial charge in [-0.1, -0.05) is 30.4 Å². The Morgan fingerprint density at radius 2 is 2.12 bits per heavy atom. The van der Waals surface area contributed by atoms with Gasteiger partial charge in [0.25, 0.3) is 5.91 Å². The van der Waals surface area contributed by atoms with Gasteiger partial charge in [0, 0.05) is 25.1 Å². The Morgan fingerprint density at radius 3 is 2.76 bits per heavy atom. The number of nitrogens with one attached hydrogen (secondary N) is 1. The normalized spacial score (nSPS) is 9.94. The SMILES string of the molecule is NC(=S)Cc1ccccc1C(=O)NCCCO. The van der Waals surface area contributed by atoms with Crippen molar-refractivity contribution in [3.05, 3.63) is 35.4 Å². The summed E-state index contributed by atoms with van der Waals surface area (Å²) in [6.45, 7) is 0.519. The summed E-state index contributed by atoms with van der Waals surface area (Å²) in [6.07, 6.45) is 0.960. The number of nitrogens with two attached hydrogens (primary N) is 1. The van der Waals surface area contributed by atoms with E-state index in [0.717, 1.165) is 5.56 Å². The van der Waals surface area contributed by atoms with Crippen LogP contribution in [0.5, 0.6) is 0 Å². The maximum atomic E-state index is 11.8. The van der Waals surface area contributed by atoms with E-state index in [1.165, 1.54) is 0 Å². The number of thiocarbonyl (C=S) groups is 1. The molecular formula is C12H16N2O2S. The second kappa shape index (κ2) is 6.98. The van der Waals surface area contributed by atoms with Gasteiger partial charge >= 0.3 is 0 Å². The third-order valence-electron chi connectivity index (χ3n) is 2.25. The van der Waals surface area contributed by atoms with Crippen LogP contribution < -0.4 is 11.1 Å². The van der Waals surface area contributed by atoms with Crippen molar-refractivity contribution in [2.24, 2.45) is 5.73 Å². The van der Waals surface area contributed by atoms with Crippen LogP contribution in [0.3, 0.4) is 0 Å². The van der Waals surface area contributed by atoms with Crippen molar-refractivity contribution in [2.45, 2.75) is 12.8 Å². The monoisotopic (exact) mass is 252 g/mol. The van der Waals surface area contributed by atoms with Gasteiger partial charge in [-0.15, -0.1) is 0 Å². The summed E-state index contributed by atoms with van der Waals surface area (Å²) in [4.78, 5) is 12.2. The van der Waals surface area contributed by atoms with Crippen LogP contribution in [0.25, 0.3) is 0 Å². The quantitative estimate of drug-likeness (QED) is 0.513. The number of benzene rings is 1. The number of hydrogen-bond acceptors (Lipinski definition) is 3. The molecule has 0 spiro atoms. The van der Waals surface area contributed by atoms with Gasteiger partial charge in [0.05, 0.1) is 4.99 Å². The molecule has 0 unspecified atom stereocenters. The first kappa shape index (κ1) is 13.6. The molecule has 0 heterocycles. The fourth-order valence-corrected chi connectivity index (χ4v) is 1.62. The molecule has 5 heteroatoms. The lowest BCUT2D eigenvalue weighted by Crippen LogP contribution is -2.26. The van der Waals surface area contributed by atoms with Crippen LogP contribution in [-0.4, -0.2) is 29.2 Å². The third kappa shape index (κ3) is 4.50. The van der Waals surface area contributed by atoms with Gasteiger partial charge in [0.1, 0.15) is 0 Å². The van der Waals surface area contributed by atoms with Crippen LogP contribution in [0.2, 0.25) is 0 Å². The first-order valence-corrected chi connectivity index (χ1v) is 5.81. The summed E-state index contributed by atoms with van der Waals surface area (Å²) in [5, 5.41) is 11.4. The molecular weight excluding hydrogens is 236 g/mol. The Bertz CT molecular complexity index is 407. The lowest BCUT2D eigenvalue weighted by atomic mass is 10.0. The summed E-state index contributed by atoms with van der Waals surface area (Å²) in [7, 11) is 0. The first-order valence-electron chi connectivity index (χ1n) is 5.40. The highest BCUT2D eigenvalue weighted by Crippen LogP contribution is 2.09. The molecule has 4 nitrogen and oxygen atoms in total. The first-order chi connectivity index (χ1) is 8.15. The van der Waals surface area contributed by atoms with Gasteiger partial charge in [0.2, 0.25) is 0 Å². The van der Waals surface area contributed by atoms with E-state index in [9.17, 15) is 4.79 Å². The third-order valence-corrected chi connectivity index (χ3v) is 2.39. The Labute approximate surface area is 106 Å². The van der Waals surface area contributed by atoms with Gasteiger partial charge in [-0.05, 0) is 18.1 Å². The molecule has 1 aromatic rings. The lowest BCUT2D eigenvalue weighted by Gasteiger charge is -2.09. The van der Waals surface area contributed by atoms with Crippen LogP contribution in [0, 0.1) is 0 Å². The van der Waals surface area contributed by atoms with Gasteiger partial charge in [-0.3, -0.25) is 4.79 Å². The highest BCUT2D eigenvalue weighted by atomic mass is 32.1. The largest absolute Gasteiger partial charge is 0.396 e. The van der Waals surface area contributed by atoms with Crippen LogP contribution in [-0.2, 0) is 6.42 Å². The zero-order valence-corrected chi connectivity index (χ0v) is 10.3. The molecule has 0 aliphatic rings. The maximum absolute atomic E-state index is 11.8. The zero-order valence-electron chi connectivity index (χ0n) is 9.48. The number of carbonyl (C=O) groups excluding carboxylic acids is 1. The van der Waals surface area contributed by atoms with Gasteiger partial charge < -0.3 is 16.2 Å². The second-order valence-corrected chi connectivity index (χ2v) is 4.16. The summed E-state index contributed by atoms with van der Waals surface area (Å²) < 4.78 is 0. The minimum absolute atomic E-state index is 0.0643. The van der Waals surface area contributed by atoms with Crippen LogP contribution >= 0.6 is 12.2 Å². The molecule has 4 N–H and O–H groups in total. The van der Waals surface area contributed by atoms with Crippen molar-refractivity contribution in [3.63, 3.8) is 0 Å². The van der Waals surface area contributed by atoms with E-state index in [0.29, 0.717) is 29.9 Å². The Morgan fingerprint density at radius 1 is 1.41 bits per heavy atom. The van der Waals surface area contributed by atoms with E-state index in [-0.39, 0.29) is 12.5 Å². The van der Waals surface area contributed by atoms with Crippen molar-refractivity contribution in [1.82, 2.24) is 5.32 Å². The minimum Gasteiger partial charge on any atom is -0.396 e. The molecule has 1 amide bonds. The highest BCUT2D eigenvalue weighted by molar-refractivity contribution is 7.80. The lowest BCUT2D eigenvalue weighted by molar-refractivity contribution is 0.0950. The molecule has 0 saturated heterocycles. The molecule has 0 aliphatic heterocycles. The van der Waals surface area contributed by atoms with Crippen molar-refractivity contribution < 1.29 is 9.90 Å². The highest BCUT2D eigenvalue weighted by Gasteiger charge is 2.10. The molecule has 1 rings (SSSR count). The Hall–Kier alpha value is -1.46. The van der Waals surface area contributed by atoms with E-state index in [1.54, 1.807) is 12.1 Å². The fraction of sp³-hybridized carbons (Fsp3) is 0.333. The molecule has 17 heavy (non-hydrogen) atoms. The van der Waals surface area contributed by atoms with E-state index in [2.05, 4.69) is 5.32 Å². The predicted octanol–water partition coefficient (Wildman–Crippen LogP) is 0.627. The molecule has 0 bridgehead atoms. The number of rotatable bonds is 6. The number of aliphatic hydroxyl groups excluding tert-OH is 1. The number of amides is 1. The summed E-state index contributed by atoms with van der Waals surface area (Å²) >= 11 is 4.84. The van der Waals surface area contributed by atoms with Crippen molar-refractivity contribution >= 4 is 23.1 Å². The number of carbonyl (C=O) groups is 1. The molecule has 1 aromatic carbocycles. The van der Waals surface area contributed by atoms with E-state index < -0.39 is 0 Å². The Kier molecular flexibility index (Phi) is 5.59. The van der Waals surface area contributed by atoms with E-state index >= 15 is 0 Å². The maximum Gasteiger partial charge on any atom is 0.251 e. The summed E-state index contributed by atoms with van der Waals surface area (Å²) in [6, 6.07) is 7.21. The molecule has 0 fully saturated rings. The summed E-state index contributed by atoms with van der Waals surface area (Å²) in [5.41, 5.74) is 6.88. The van der Waals surface area contributed by atoms with Crippen molar-refractivity contribution in [3.8, 4) is 0 Å². The molecule has 0 saturated carbocycles. The standard InChI is InChI=1S/C12H16N2O2S/c13-11(17)8-9-4-1-2-5-10(9)12(16)14-6-3-7-15/h1-2,4-5,15H,3,6-8H2,(H2,13,17)(H,14,16). The van der Waals surface area contributed by atoms with Crippen LogP contribution in [0.15, 0.2) is 24.3 Å². The molecule has 0 aromatic heterocycles. The van der Waals surface area contributed by atoms with E-state index in [1.807, 2.05) is 12.1 Å². The van der Waals surface area contributed by atoms with Crippen LogP contribution in [0.1, 0.15) is 22.3 Å². The smallest absolute Gasteiger partial charge is 0.251 e. The molecule has 0 radical (unpaired) electrons.